The second-order valence-electron chi connectivity index (χ2n) is 5.34. The molecule has 1 aromatic heterocycles. The smallest absolute Gasteiger partial charge is 0.214 e. The number of rotatable bonds is 7. The molecule has 0 atom stereocenters. The lowest BCUT2D eigenvalue weighted by atomic mass is 10.2. The van der Waals surface area contributed by atoms with Crippen LogP contribution in [0.15, 0.2) is 33.7 Å². The van der Waals surface area contributed by atoms with E-state index in [4.69, 9.17) is 9.15 Å². The SMILES string of the molecule is CCNC(=NCc1ccccc1OCC)NCc1nc(C)c(C)o1.I. The summed E-state index contributed by atoms with van der Waals surface area (Å²) < 4.78 is 11.2. The monoisotopic (exact) mass is 458 g/mol. The first-order valence-corrected chi connectivity index (χ1v) is 8.29. The molecule has 25 heavy (non-hydrogen) atoms. The van der Waals surface area contributed by atoms with Gasteiger partial charge in [-0.3, -0.25) is 0 Å². The van der Waals surface area contributed by atoms with Crippen LogP contribution in [0.4, 0.5) is 0 Å². The van der Waals surface area contributed by atoms with Crippen LogP contribution in [0.2, 0.25) is 0 Å². The van der Waals surface area contributed by atoms with Gasteiger partial charge in [-0.2, -0.15) is 0 Å². The molecule has 0 fully saturated rings. The summed E-state index contributed by atoms with van der Waals surface area (Å²) in [5.41, 5.74) is 1.97. The maximum atomic E-state index is 5.64. The zero-order valence-electron chi connectivity index (χ0n) is 15.3. The number of ether oxygens (including phenoxy) is 1. The van der Waals surface area contributed by atoms with Crippen molar-refractivity contribution in [3.63, 3.8) is 0 Å². The van der Waals surface area contributed by atoms with Gasteiger partial charge in [0.2, 0.25) is 5.89 Å². The van der Waals surface area contributed by atoms with Crippen molar-refractivity contribution >= 4 is 29.9 Å². The number of nitrogens with zero attached hydrogens (tertiary/aromatic N) is 2. The third-order valence-corrected chi connectivity index (χ3v) is 3.50. The standard InChI is InChI=1S/C18H26N4O2.HI/c1-5-19-18(21-12-17-22-13(3)14(4)24-17)20-11-15-9-7-8-10-16(15)23-6-2;/h7-10H,5-6,11-12H2,1-4H3,(H2,19,20,21);1H. The molecule has 7 heteroatoms. The minimum absolute atomic E-state index is 0. The molecule has 0 spiro atoms. The van der Waals surface area contributed by atoms with Crippen molar-refractivity contribution in [2.45, 2.75) is 40.8 Å². The maximum Gasteiger partial charge on any atom is 0.214 e. The van der Waals surface area contributed by atoms with Gasteiger partial charge in [-0.15, -0.1) is 24.0 Å². The van der Waals surface area contributed by atoms with Crippen molar-refractivity contribution in [2.24, 2.45) is 4.99 Å². The van der Waals surface area contributed by atoms with Gasteiger partial charge in [-0.05, 0) is 33.8 Å². The number of guanidine groups is 1. The highest BCUT2D eigenvalue weighted by Gasteiger charge is 2.07. The average Bonchev–Trinajstić information content (AvgIpc) is 2.90. The third kappa shape index (κ3) is 6.56. The predicted octanol–water partition coefficient (Wildman–Crippen LogP) is 3.56. The van der Waals surface area contributed by atoms with E-state index in [0.717, 1.165) is 35.3 Å². The van der Waals surface area contributed by atoms with Gasteiger partial charge in [-0.25, -0.2) is 9.98 Å². The van der Waals surface area contributed by atoms with Gasteiger partial charge in [0.15, 0.2) is 5.96 Å². The van der Waals surface area contributed by atoms with Gasteiger partial charge in [0, 0.05) is 12.1 Å². The van der Waals surface area contributed by atoms with E-state index in [1.807, 2.05) is 52.0 Å². The van der Waals surface area contributed by atoms with Crippen molar-refractivity contribution in [2.75, 3.05) is 13.2 Å². The quantitative estimate of drug-likeness (QED) is 0.377. The number of para-hydroxylation sites is 1. The topological polar surface area (TPSA) is 71.7 Å². The molecule has 138 valence electrons. The number of aromatic nitrogens is 1. The Morgan fingerprint density at radius 1 is 1.20 bits per heavy atom. The average molecular weight is 458 g/mol. The minimum atomic E-state index is 0. The summed E-state index contributed by atoms with van der Waals surface area (Å²) >= 11 is 0. The molecule has 0 radical (unpaired) electrons. The summed E-state index contributed by atoms with van der Waals surface area (Å²) in [5.74, 6) is 3.10. The van der Waals surface area contributed by atoms with Gasteiger partial charge in [-0.1, -0.05) is 18.2 Å². The molecule has 2 N–H and O–H groups in total. The lowest BCUT2D eigenvalue weighted by Gasteiger charge is -2.11. The van der Waals surface area contributed by atoms with Crippen LogP contribution in [0.5, 0.6) is 5.75 Å². The molecule has 1 heterocycles. The van der Waals surface area contributed by atoms with E-state index in [0.29, 0.717) is 25.6 Å². The molecule has 6 nitrogen and oxygen atoms in total. The molecule has 0 saturated carbocycles. The molecular weight excluding hydrogens is 431 g/mol. The number of hydrogen-bond donors (Lipinski definition) is 2. The molecule has 0 saturated heterocycles. The molecule has 2 rings (SSSR count). The van der Waals surface area contributed by atoms with Gasteiger partial charge in [0.1, 0.15) is 11.5 Å². The third-order valence-electron chi connectivity index (χ3n) is 3.50. The van der Waals surface area contributed by atoms with Gasteiger partial charge < -0.3 is 19.8 Å². The summed E-state index contributed by atoms with van der Waals surface area (Å²) in [6, 6.07) is 7.95. The van der Waals surface area contributed by atoms with Crippen LogP contribution in [-0.2, 0) is 13.1 Å². The van der Waals surface area contributed by atoms with Crippen LogP contribution in [0.1, 0.15) is 36.8 Å². The Balaban J connectivity index is 0.00000312. The number of aryl methyl sites for hydroxylation is 2. The van der Waals surface area contributed by atoms with Crippen molar-refractivity contribution in [1.82, 2.24) is 15.6 Å². The lowest BCUT2D eigenvalue weighted by Crippen LogP contribution is -2.36. The van der Waals surface area contributed by atoms with E-state index in [1.165, 1.54) is 0 Å². The van der Waals surface area contributed by atoms with E-state index in [1.54, 1.807) is 0 Å². The fraction of sp³-hybridized carbons (Fsp3) is 0.444. The van der Waals surface area contributed by atoms with Crippen molar-refractivity contribution in [3.05, 3.63) is 47.2 Å². The fourth-order valence-electron chi connectivity index (χ4n) is 2.21. The van der Waals surface area contributed by atoms with E-state index in [2.05, 4.69) is 20.6 Å². The number of oxazole rings is 1. The highest BCUT2D eigenvalue weighted by molar-refractivity contribution is 14.0. The first-order chi connectivity index (χ1) is 11.6. The van der Waals surface area contributed by atoms with Crippen LogP contribution in [0.25, 0.3) is 0 Å². The molecule has 0 aliphatic rings. The Kier molecular flexibility index (Phi) is 9.33. The van der Waals surface area contributed by atoms with Crippen LogP contribution in [0, 0.1) is 13.8 Å². The van der Waals surface area contributed by atoms with E-state index >= 15 is 0 Å². The Labute approximate surface area is 166 Å². The molecule has 2 aromatic rings. The highest BCUT2D eigenvalue weighted by atomic mass is 127. The van der Waals surface area contributed by atoms with E-state index < -0.39 is 0 Å². The highest BCUT2D eigenvalue weighted by Crippen LogP contribution is 2.18. The summed E-state index contributed by atoms with van der Waals surface area (Å²) in [4.78, 5) is 8.98. The Hall–Kier alpha value is -1.77. The van der Waals surface area contributed by atoms with Gasteiger partial charge in [0.05, 0.1) is 25.4 Å². The summed E-state index contributed by atoms with van der Waals surface area (Å²) in [7, 11) is 0. The van der Waals surface area contributed by atoms with Crippen molar-refractivity contribution in [1.29, 1.82) is 0 Å². The van der Waals surface area contributed by atoms with Crippen LogP contribution in [-0.4, -0.2) is 24.1 Å². The largest absolute Gasteiger partial charge is 0.494 e. The first kappa shape index (κ1) is 21.3. The van der Waals surface area contributed by atoms with Crippen LogP contribution < -0.4 is 15.4 Å². The normalized spacial score (nSPS) is 11.0. The molecule has 0 bridgehead atoms. The molecule has 0 aliphatic carbocycles. The molecular formula is C18H27IN4O2. The van der Waals surface area contributed by atoms with E-state index in [-0.39, 0.29) is 24.0 Å². The second-order valence-corrected chi connectivity index (χ2v) is 5.34. The Bertz CT molecular complexity index is 666. The van der Waals surface area contributed by atoms with Crippen molar-refractivity contribution in [3.8, 4) is 5.75 Å². The summed E-state index contributed by atoms with van der Waals surface area (Å²) in [6.45, 7) is 10.3. The lowest BCUT2D eigenvalue weighted by molar-refractivity contribution is 0.336. The predicted molar refractivity (Wildman–Crippen MR) is 111 cm³/mol. The molecule has 1 aromatic carbocycles. The fourth-order valence-corrected chi connectivity index (χ4v) is 2.21. The van der Waals surface area contributed by atoms with Gasteiger partial charge >= 0.3 is 0 Å². The number of halogens is 1. The number of benzene rings is 1. The first-order valence-electron chi connectivity index (χ1n) is 8.29. The van der Waals surface area contributed by atoms with Crippen LogP contribution in [0.3, 0.4) is 0 Å². The van der Waals surface area contributed by atoms with Gasteiger partial charge in [0.25, 0.3) is 0 Å². The summed E-state index contributed by atoms with van der Waals surface area (Å²) in [5, 5.41) is 6.47. The Morgan fingerprint density at radius 3 is 2.60 bits per heavy atom. The molecule has 0 aliphatic heterocycles. The minimum Gasteiger partial charge on any atom is -0.494 e. The van der Waals surface area contributed by atoms with Crippen molar-refractivity contribution < 1.29 is 9.15 Å². The summed E-state index contributed by atoms with van der Waals surface area (Å²) in [6.07, 6.45) is 0. The molecule has 0 unspecified atom stereocenters. The second kappa shape index (κ2) is 11.0. The molecule has 0 amide bonds. The number of hydrogen-bond acceptors (Lipinski definition) is 4. The zero-order chi connectivity index (χ0) is 17.4. The van der Waals surface area contributed by atoms with E-state index in [9.17, 15) is 0 Å². The van der Waals surface area contributed by atoms with Crippen LogP contribution >= 0.6 is 24.0 Å². The number of aliphatic imine (C=N–C) groups is 1. The maximum absolute atomic E-state index is 5.64. The number of nitrogens with one attached hydrogen (secondary N) is 2. The zero-order valence-corrected chi connectivity index (χ0v) is 17.6. The Morgan fingerprint density at radius 2 is 1.96 bits per heavy atom.